The van der Waals surface area contributed by atoms with Gasteiger partial charge in [0.2, 0.25) is 0 Å². The molecule has 0 aromatic rings. The van der Waals surface area contributed by atoms with Crippen molar-refractivity contribution in [2.24, 2.45) is 5.92 Å². The molecule has 0 radical (unpaired) electrons. The third kappa shape index (κ3) is 5.43. The van der Waals surface area contributed by atoms with E-state index in [1.54, 1.807) is 0 Å². The highest BCUT2D eigenvalue weighted by atomic mass is 15.2. The molecule has 2 atom stereocenters. The van der Waals surface area contributed by atoms with Gasteiger partial charge in [-0.15, -0.1) is 0 Å². The zero-order chi connectivity index (χ0) is 13.5. The molecule has 112 valence electrons. The van der Waals surface area contributed by atoms with Crippen LogP contribution < -0.4 is 5.32 Å². The maximum Gasteiger partial charge on any atom is 0.0195 e. The Hall–Kier alpha value is -0.0800. The Morgan fingerprint density at radius 2 is 2.00 bits per heavy atom. The quantitative estimate of drug-likeness (QED) is 0.683. The van der Waals surface area contributed by atoms with Gasteiger partial charge in [-0.3, -0.25) is 4.90 Å². The van der Waals surface area contributed by atoms with Crippen LogP contribution in [0.4, 0.5) is 0 Å². The largest absolute Gasteiger partial charge is 0.313 e. The summed E-state index contributed by atoms with van der Waals surface area (Å²) in [6.07, 6.45) is 12.7. The van der Waals surface area contributed by atoms with Crippen molar-refractivity contribution in [3.63, 3.8) is 0 Å². The van der Waals surface area contributed by atoms with Crippen LogP contribution in [-0.2, 0) is 0 Å². The van der Waals surface area contributed by atoms with Crippen molar-refractivity contribution in [3.8, 4) is 0 Å². The van der Waals surface area contributed by atoms with E-state index in [1.807, 2.05) is 0 Å². The van der Waals surface area contributed by atoms with E-state index in [1.165, 1.54) is 77.4 Å². The highest BCUT2D eigenvalue weighted by Gasteiger charge is 2.31. The van der Waals surface area contributed by atoms with E-state index in [2.05, 4.69) is 24.1 Å². The molecular formula is C17H34N2. The van der Waals surface area contributed by atoms with Crippen LogP contribution in [0.3, 0.4) is 0 Å². The Bertz CT molecular complexity index is 231. The fourth-order valence-corrected chi connectivity index (χ4v) is 3.42. The van der Waals surface area contributed by atoms with E-state index in [4.69, 9.17) is 0 Å². The van der Waals surface area contributed by atoms with Crippen molar-refractivity contribution in [1.82, 2.24) is 10.2 Å². The van der Waals surface area contributed by atoms with Gasteiger partial charge >= 0.3 is 0 Å². The molecule has 2 unspecified atom stereocenters. The van der Waals surface area contributed by atoms with Gasteiger partial charge in [-0.1, -0.05) is 39.5 Å². The summed E-state index contributed by atoms with van der Waals surface area (Å²) in [4.78, 5) is 2.83. The molecule has 19 heavy (non-hydrogen) atoms. The van der Waals surface area contributed by atoms with Crippen molar-refractivity contribution in [2.75, 3.05) is 19.6 Å². The first kappa shape index (κ1) is 15.3. The van der Waals surface area contributed by atoms with Crippen molar-refractivity contribution in [1.29, 1.82) is 0 Å². The van der Waals surface area contributed by atoms with Gasteiger partial charge in [0.15, 0.2) is 0 Å². The van der Waals surface area contributed by atoms with Gasteiger partial charge in [0, 0.05) is 25.2 Å². The number of unbranched alkanes of at least 4 members (excludes halogenated alkanes) is 1. The molecule has 2 heteroatoms. The Labute approximate surface area is 120 Å². The number of nitrogens with zero attached hydrogens (tertiary/aromatic N) is 1. The number of rotatable bonds is 9. The molecule has 2 nitrogen and oxygen atoms in total. The fraction of sp³-hybridized carbons (Fsp3) is 1.00. The molecule has 1 saturated heterocycles. The summed E-state index contributed by atoms with van der Waals surface area (Å²) in [6, 6.07) is 1.71. The normalized spacial score (nSPS) is 25.7. The highest BCUT2D eigenvalue weighted by molar-refractivity contribution is 4.88. The van der Waals surface area contributed by atoms with Crippen LogP contribution in [0.25, 0.3) is 0 Å². The molecule has 2 fully saturated rings. The van der Waals surface area contributed by atoms with Crippen LogP contribution >= 0.6 is 0 Å². The van der Waals surface area contributed by atoms with Gasteiger partial charge in [0.25, 0.3) is 0 Å². The van der Waals surface area contributed by atoms with Crippen LogP contribution in [-0.4, -0.2) is 36.6 Å². The Morgan fingerprint density at radius 3 is 2.58 bits per heavy atom. The van der Waals surface area contributed by atoms with Gasteiger partial charge in [-0.05, 0) is 44.6 Å². The van der Waals surface area contributed by atoms with Crippen LogP contribution in [0.15, 0.2) is 0 Å². The molecule has 0 aromatic carbocycles. The van der Waals surface area contributed by atoms with Gasteiger partial charge in [-0.25, -0.2) is 0 Å². The van der Waals surface area contributed by atoms with Gasteiger partial charge in [0.05, 0.1) is 0 Å². The van der Waals surface area contributed by atoms with Crippen LogP contribution in [0, 0.1) is 5.92 Å². The Morgan fingerprint density at radius 1 is 1.16 bits per heavy atom. The maximum atomic E-state index is 3.72. The molecule has 0 bridgehead atoms. The smallest absolute Gasteiger partial charge is 0.0195 e. The zero-order valence-electron chi connectivity index (χ0n) is 13.2. The SMILES string of the molecule is CCCCC(CC)CN(CC1CCCCN1)C1CC1. The zero-order valence-corrected chi connectivity index (χ0v) is 13.2. The summed E-state index contributed by atoms with van der Waals surface area (Å²) in [6.45, 7) is 8.62. The predicted molar refractivity (Wildman–Crippen MR) is 83.5 cm³/mol. The van der Waals surface area contributed by atoms with E-state index < -0.39 is 0 Å². The van der Waals surface area contributed by atoms with Crippen molar-refractivity contribution in [2.45, 2.75) is 83.7 Å². The second-order valence-electron chi connectivity index (χ2n) is 6.75. The lowest BCUT2D eigenvalue weighted by Gasteiger charge is -2.33. The van der Waals surface area contributed by atoms with E-state index in [-0.39, 0.29) is 0 Å². The summed E-state index contributed by atoms with van der Waals surface area (Å²) in [7, 11) is 0. The summed E-state index contributed by atoms with van der Waals surface area (Å²) < 4.78 is 0. The number of nitrogens with one attached hydrogen (secondary N) is 1. The number of piperidine rings is 1. The molecule has 1 saturated carbocycles. The van der Waals surface area contributed by atoms with Crippen LogP contribution in [0.2, 0.25) is 0 Å². The standard InChI is InChI=1S/C17H34N2/c1-3-5-8-15(4-2)13-19(17-10-11-17)14-16-9-6-7-12-18-16/h15-18H,3-14H2,1-2H3. The molecule has 2 rings (SSSR count). The molecule has 2 aliphatic rings. The van der Waals surface area contributed by atoms with Crippen LogP contribution in [0.1, 0.15) is 71.6 Å². The Balaban J connectivity index is 1.77. The molecule has 1 heterocycles. The third-order valence-electron chi connectivity index (χ3n) is 4.97. The minimum Gasteiger partial charge on any atom is -0.313 e. The molecule has 1 N–H and O–H groups in total. The lowest BCUT2D eigenvalue weighted by Crippen LogP contribution is -2.45. The van der Waals surface area contributed by atoms with Crippen molar-refractivity contribution >= 4 is 0 Å². The van der Waals surface area contributed by atoms with E-state index in [0.29, 0.717) is 0 Å². The molecular weight excluding hydrogens is 232 g/mol. The molecule has 0 spiro atoms. The predicted octanol–water partition coefficient (Wildman–Crippen LogP) is 3.81. The van der Waals surface area contributed by atoms with Gasteiger partial charge < -0.3 is 5.32 Å². The average molecular weight is 266 g/mol. The van der Waals surface area contributed by atoms with Crippen molar-refractivity contribution < 1.29 is 0 Å². The summed E-state index contributed by atoms with van der Waals surface area (Å²) in [5, 5.41) is 3.72. The Kier molecular flexibility index (Phi) is 6.66. The second kappa shape index (κ2) is 8.26. The van der Waals surface area contributed by atoms with Crippen molar-refractivity contribution in [3.05, 3.63) is 0 Å². The molecule has 0 amide bonds. The van der Waals surface area contributed by atoms with Gasteiger partial charge in [-0.2, -0.15) is 0 Å². The first-order valence-corrected chi connectivity index (χ1v) is 8.80. The fourth-order valence-electron chi connectivity index (χ4n) is 3.42. The maximum absolute atomic E-state index is 3.72. The lowest BCUT2D eigenvalue weighted by atomic mass is 9.97. The van der Waals surface area contributed by atoms with E-state index in [9.17, 15) is 0 Å². The number of hydrogen-bond acceptors (Lipinski definition) is 2. The molecule has 1 aliphatic heterocycles. The van der Waals surface area contributed by atoms with Crippen LogP contribution in [0.5, 0.6) is 0 Å². The average Bonchev–Trinajstić information content (AvgIpc) is 3.28. The first-order chi connectivity index (χ1) is 9.33. The first-order valence-electron chi connectivity index (χ1n) is 8.80. The number of hydrogen-bond donors (Lipinski definition) is 1. The van der Waals surface area contributed by atoms with E-state index in [0.717, 1.165) is 18.0 Å². The topological polar surface area (TPSA) is 15.3 Å². The van der Waals surface area contributed by atoms with E-state index >= 15 is 0 Å². The second-order valence-corrected chi connectivity index (χ2v) is 6.75. The summed E-state index contributed by atoms with van der Waals surface area (Å²) in [5.41, 5.74) is 0. The molecule has 0 aromatic heterocycles. The highest BCUT2D eigenvalue weighted by Crippen LogP contribution is 2.29. The van der Waals surface area contributed by atoms with Gasteiger partial charge in [0.1, 0.15) is 0 Å². The monoisotopic (exact) mass is 266 g/mol. The minimum atomic E-state index is 0.776. The minimum absolute atomic E-state index is 0.776. The summed E-state index contributed by atoms with van der Waals surface area (Å²) in [5.74, 6) is 0.934. The summed E-state index contributed by atoms with van der Waals surface area (Å²) >= 11 is 0. The lowest BCUT2D eigenvalue weighted by molar-refractivity contribution is 0.179. The third-order valence-corrected chi connectivity index (χ3v) is 4.97. The molecule has 1 aliphatic carbocycles.